The van der Waals surface area contributed by atoms with Gasteiger partial charge >= 0.3 is 5.97 Å². The second-order valence-electron chi connectivity index (χ2n) is 4.52. The summed E-state index contributed by atoms with van der Waals surface area (Å²) in [4.78, 5) is 11.3. The maximum Gasteiger partial charge on any atom is 0.306 e. The highest BCUT2D eigenvalue weighted by molar-refractivity contribution is 14.1. The molecule has 2 aliphatic rings. The Labute approximate surface area is 92.5 Å². The normalized spacial score (nSPS) is 44.3. The van der Waals surface area contributed by atoms with E-state index in [0.717, 1.165) is 10.3 Å². The zero-order chi connectivity index (χ0) is 9.47. The van der Waals surface area contributed by atoms with Gasteiger partial charge in [0.15, 0.2) is 0 Å². The van der Waals surface area contributed by atoms with E-state index in [-0.39, 0.29) is 17.5 Å². The van der Waals surface area contributed by atoms with Crippen LogP contribution in [0, 0.1) is 11.3 Å². The van der Waals surface area contributed by atoms with Crippen LogP contribution >= 0.6 is 22.6 Å². The minimum atomic E-state index is 0.0239. The van der Waals surface area contributed by atoms with Gasteiger partial charge in [-0.05, 0) is 18.8 Å². The van der Waals surface area contributed by atoms with E-state index in [2.05, 4.69) is 29.5 Å². The molecule has 0 amide bonds. The Morgan fingerprint density at radius 1 is 1.69 bits per heavy atom. The quantitative estimate of drug-likeness (QED) is 0.422. The summed E-state index contributed by atoms with van der Waals surface area (Å²) in [5.74, 6) is 0.802. The molecular weight excluding hydrogens is 279 g/mol. The summed E-state index contributed by atoms with van der Waals surface area (Å²) < 4.78 is 6.30. The van der Waals surface area contributed by atoms with Crippen LogP contribution in [0.1, 0.15) is 32.6 Å². The van der Waals surface area contributed by atoms with E-state index >= 15 is 0 Å². The molecule has 1 aliphatic heterocycles. The van der Waals surface area contributed by atoms with Crippen LogP contribution in [0.5, 0.6) is 0 Å². The van der Waals surface area contributed by atoms with Crippen LogP contribution < -0.4 is 0 Å². The molecule has 0 N–H and O–H groups in total. The first kappa shape index (κ1) is 9.74. The second kappa shape index (κ2) is 3.41. The number of halogens is 1. The number of carbonyl (C=O) groups excluding carboxylic acids is 1. The highest BCUT2D eigenvalue weighted by atomic mass is 127. The number of hydrogen-bond acceptors (Lipinski definition) is 2. The molecule has 74 valence electrons. The van der Waals surface area contributed by atoms with Gasteiger partial charge in [-0.15, -0.1) is 0 Å². The predicted octanol–water partition coefficient (Wildman–Crippen LogP) is 2.54. The largest absolute Gasteiger partial charge is 0.461 e. The van der Waals surface area contributed by atoms with Crippen LogP contribution in [0.3, 0.4) is 0 Å². The molecule has 1 saturated carbocycles. The Morgan fingerprint density at radius 3 is 3.00 bits per heavy atom. The van der Waals surface area contributed by atoms with Gasteiger partial charge in [0, 0.05) is 9.84 Å². The summed E-state index contributed by atoms with van der Waals surface area (Å²) in [5.41, 5.74) is 0.220. The van der Waals surface area contributed by atoms with Crippen molar-refractivity contribution in [2.75, 3.05) is 4.43 Å². The van der Waals surface area contributed by atoms with Gasteiger partial charge in [-0.1, -0.05) is 35.9 Å². The van der Waals surface area contributed by atoms with Crippen molar-refractivity contribution in [3.63, 3.8) is 0 Å². The molecule has 0 aromatic rings. The molecule has 1 heterocycles. The van der Waals surface area contributed by atoms with Crippen molar-refractivity contribution in [1.82, 2.24) is 0 Å². The van der Waals surface area contributed by atoms with Gasteiger partial charge in [0.25, 0.3) is 0 Å². The lowest BCUT2D eigenvalue weighted by Gasteiger charge is -2.26. The van der Waals surface area contributed by atoms with Crippen LogP contribution in [0.2, 0.25) is 0 Å². The number of ether oxygens (including phenoxy) is 1. The Bertz CT molecular complexity index is 229. The molecule has 3 heteroatoms. The third-order valence-corrected chi connectivity index (χ3v) is 4.28. The lowest BCUT2D eigenvalue weighted by Crippen LogP contribution is -2.29. The SMILES string of the molecule is CC1CCC2(CC(=O)OC2CI)C1. The molecule has 0 aromatic heterocycles. The first-order chi connectivity index (χ1) is 6.16. The van der Waals surface area contributed by atoms with Gasteiger partial charge in [-0.2, -0.15) is 0 Å². The minimum absolute atomic E-state index is 0.0239. The Hall–Kier alpha value is 0.200. The first-order valence-corrected chi connectivity index (χ1v) is 6.44. The summed E-state index contributed by atoms with van der Waals surface area (Å²) in [6, 6.07) is 0. The molecule has 2 rings (SSSR count). The van der Waals surface area contributed by atoms with Crippen LogP contribution in [0.15, 0.2) is 0 Å². The lowest BCUT2D eigenvalue weighted by molar-refractivity contribution is -0.140. The molecule has 1 saturated heterocycles. The van der Waals surface area contributed by atoms with Gasteiger partial charge < -0.3 is 4.74 Å². The average Bonchev–Trinajstić information content (AvgIpc) is 2.57. The molecule has 13 heavy (non-hydrogen) atoms. The molecule has 1 spiro atoms. The van der Waals surface area contributed by atoms with Crippen molar-refractivity contribution in [3.8, 4) is 0 Å². The van der Waals surface area contributed by atoms with Gasteiger partial charge in [-0.25, -0.2) is 0 Å². The van der Waals surface area contributed by atoms with Crippen molar-refractivity contribution in [2.45, 2.75) is 38.7 Å². The van der Waals surface area contributed by atoms with E-state index in [4.69, 9.17) is 4.74 Å². The zero-order valence-electron chi connectivity index (χ0n) is 7.88. The molecule has 0 bridgehead atoms. The van der Waals surface area contributed by atoms with Crippen LogP contribution in [0.25, 0.3) is 0 Å². The average molecular weight is 294 g/mol. The topological polar surface area (TPSA) is 26.3 Å². The van der Waals surface area contributed by atoms with Crippen LogP contribution in [-0.4, -0.2) is 16.5 Å². The molecule has 2 fully saturated rings. The van der Waals surface area contributed by atoms with Crippen molar-refractivity contribution in [2.24, 2.45) is 11.3 Å². The maximum absolute atomic E-state index is 11.3. The predicted molar refractivity (Wildman–Crippen MR) is 58.8 cm³/mol. The number of cyclic esters (lactones) is 1. The van der Waals surface area contributed by atoms with Gasteiger partial charge in [0.05, 0.1) is 6.42 Å². The lowest BCUT2D eigenvalue weighted by atomic mass is 9.79. The summed E-state index contributed by atoms with van der Waals surface area (Å²) in [5, 5.41) is 0. The van der Waals surface area contributed by atoms with Gasteiger partial charge in [0.2, 0.25) is 0 Å². The Balaban J connectivity index is 2.16. The Morgan fingerprint density at radius 2 is 2.46 bits per heavy atom. The molecule has 3 unspecified atom stereocenters. The highest BCUT2D eigenvalue weighted by Gasteiger charge is 2.51. The summed E-state index contributed by atoms with van der Waals surface area (Å²) >= 11 is 2.33. The van der Waals surface area contributed by atoms with E-state index in [9.17, 15) is 4.79 Å². The molecule has 3 atom stereocenters. The number of hydrogen-bond donors (Lipinski definition) is 0. The van der Waals surface area contributed by atoms with Crippen molar-refractivity contribution in [1.29, 1.82) is 0 Å². The smallest absolute Gasteiger partial charge is 0.306 e. The fraction of sp³-hybridized carbons (Fsp3) is 0.900. The van der Waals surface area contributed by atoms with Crippen LogP contribution in [-0.2, 0) is 9.53 Å². The van der Waals surface area contributed by atoms with E-state index in [1.165, 1.54) is 19.3 Å². The molecule has 0 aromatic carbocycles. The first-order valence-electron chi connectivity index (χ1n) is 4.92. The van der Waals surface area contributed by atoms with Crippen molar-refractivity contribution in [3.05, 3.63) is 0 Å². The van der Waals surface area contributed by atoms with Gasteiger partial charge in [0.1, 0.15) is 6.10 Å². The van der Waals surface area contributed by atoms with Crippen LogP contribution in [0.4, 0.5) is 0 Å². The number of esters is 1. The van der Waals surface area contributed by atoms with E-state index in [1.54, 1.807) is 0 Å². The second-order valence-corrected chi connectivity index (χ2v) is 5.40. The molecular formula is C10H15IO2. The fourth-order valence-corrected chi connectivity index (χ4v) is 3.92. The van der Waals surface area contributed by atoms with E-state index in [0.29, 0.717) is 6.42 Å². The molecule has 0 radical (unpaired) electrons. The Kier molecular flexibility index (Phi) is 2.55. The summed E-state index contributed by atoms with van der Waals surface area (Å²) in [6.07, 6.45) is 4.51. The van der Waals surface area contributed by atoms with E-state index in [1.807, 2.05) is 0 Å². The third kappa shape index (κ3) is 1.60. The van der Waals surface area contributed by atoms with Gasteiger partial charge in [-0.3, -0.25) is 4.79 Å². The molecule has 1 aliphatic carbocycles. The zero-order valence-corrected chi connectivity index (χ0v) is 10.0. The fourth-order valence-electron chi connectivity index (χ4n) is 2.81. The minimum Gasteiger partial charge on any atom is -0.461 e. The third-order valence-electron chi connectivity index (χ3n) is 3.48. The van der Waals surface area contributed by atoms with Crippen molar-refractivity contribution >= 4 is 28.6 Å². The number of carbonyl (C=O) groups is 1. The number of alkyl halides is 1. The summed E-state index contributed by atoms with van der Waals surface area (Å²) in [7, 11) is 0. The van der Waals surface area contributed by atoms with E-state index < -0.39 is 0 Å². The highest BCUT2D eigenvalue weighted by Crippen LogP contribution is 2.51. The standard InChI is InChI=1S/C10H15IO2/c1-7-2-3-10(4-7)5-9(12)13-8(10)6-11/h7-8H,2-6H2,1H3. The maximum atomic E-state index is 11.3. The monoisotopic (exact) mass is 294 g/mol. The number of rotatable bonds is 1. The molecule has 2 nitrogen and oxygen atoms in total. The van der Waals surface area contributed by atoms with Crippen molar-refractivity contribution < 1.29 is 9.53 Å². The summed E-state index contributed by atoms with van der Waals surface area (Å²) in [6.45, 7) is 2.28.